The molecule has 1 N–H and O–H groups in total. The summed E-state index contributed by atoms with van der Waals surface area (Å²) in [7, 11) is -7.56. The Bertz CT molecular complexity index is 1960. The van der Waals surface area contributed by atoms with Crippen molar-refractivity contribution in [1.29, 1.82) is 5.26 Å². The minimum Gasteiger partial charge on any atom is -0.346 e. The van der Waals surface area contributed by atoms with Gasteiger partial charge in [-0.15, -0.1) is 0 Å². The molecule has 1 saturated heterocycles. The third-order valence-corrected chi connectivity index (χ3v) is 12.6. The van der Waals surface area contributed by atoms with E-state index in [2.05, 4.69) is 10.3 Å². The van der Waals surface area contributed by atoms with Gasteiger partial charge in [-0.2, -0.15) is 18.4 Å². The minimum atomic E-state index is -4.63. The third-order valence-electron chi connectivity index (χ3n) is 8.82. The quantitative estimate of drug-likeness (QED) is 0.388. The number of hydrogen-bond donors (Lipinski definition) is 1. The molecule has 1 amide bonds. The molecule has 3 aromatic rings. The van der Waals surface area contributed by atoms with Gasteiger partial charge in [-0.3, -0.25) is 14.1 Å². The van der Waals surface area contributed by atoms with Gasteiger partial charge in [0.15, 0.2) is 0 Å². The molecule has 2 aliphatic heterocycles. The number of carbonyl (C=O) groups is 1. The number of carbonyl (C=O) groups excluding carboxylic acids is 1. The van der Waals surface area contributed by atoms with Gasteiger partial charge in [0.25, 0.3) is 15.9 Å². The molecule has 0 radical (unpaired) electrons. The molecule has 2 fully saturated rings. The Morgan fingerprint density at radius 1 is 1.13 bits per heavy atom. The average Bonchev–Trinajstić information content (AvgIpc) is 3.80. The fraction of sp³-hybridized carbons (Fsp3) is 0.367. The van der Waals surface area contributed by atoms with Crippen molar-refractivity contribution in [1.82, 2.24) is 10.3 Å². The van der Waals surface area contributed by atoms with Gasteiger partial charge in [-0.25, -0.2) is 16.8 Å². The zero-order valence-electron chi connectivity index (χ0n) is 23.5. The molecule has 1 aliphatic carbocycles. The number of nitrogens with one attached hydrogen (secondary N) is 1. The van der Waals surface area contributed by atoms with Crippen molar-refractivity contribution in [2.24, 2.45) is 5.92 Å². The van der Waals surface area contributed by atoms with Crippen LogP contribution in [0, 0.1) is 17.2 Å². The fourth-order valence-corrected chi connectivity index (χ4v) is 10.1. The second-order valence-corrected chi connectivity index (χ2v) is 16.1. The number of nitriles is 1. The molecule has 1 aromatic heterocycles. The van der Waals surface area contributed by atoms with Crippen LogP contribution in [0.2, 0.25) is 5.02 Å². The van der Waals surface area contributed by atoms with Crippen LogP contribution < -0.4 is 9.62 Å². The number of anilines is 1. The molecule has 3 heterocycles. The van der Waals surface area contributed by atoms with Gasteiger partial charge < -0.3 is 5.32 Å². The van der Waals surface area contributed by atoms with Crippen molar-refractivity contribution >= 4 is 43.1 Å². The van der Waals surface area contributed by atoms with Crippen LogP contribution in [0.25, 0.3) is 0 Å². The van der Waals surface area contributed by atoms with Crippen molar-refractivity contribution in [3.05, 3.63) is 87.7 Å². The minimum absolute atomic E-state index is 0.0267. The SMILES string of the molecule is N#Cc1cccc(S(=O)(=O)N2c3ccc(C(=O)NCc4ncc(C(F)(F)F)cc4Cl)cc3C3(CCS(=O)(=O)CC3)[C@@H]2C2CC2)c1. The highest BCUT2D eigenvalue weighted by Gasteiger charge is 2.60. The highest BCUT2D eigenvalue weighted by molar-refractivity contribution is 7.93. The first-order valence-corrected chi connectivity index (χ1v) is 17.7. The number of amides is 1. The molecule has 6 rings (SSSR count). The summed E-state index contributed by atoms with van der Waals surface area (Å²) in [6.07, 6.45) is -2.15. The number of benzene rings is 2. The van der Waals surface area contributed by atoms with Crippen LogP contribution in [0.1, 0.15) is 58.4 Å². The number of pyridine rings is 1. The van der Waals surface area contributed by atoms with Crippen molar-refractivity contribution in [3.8, 4) is 6.07 Å². The Morgan fingerprint density at radius 2 is 1.84 bits per heavy atom. The zero-order valence-corrected chi connectivity index (χ0v) is 25.9. The lowest BCUT2D eigenvalue weighted by atomic mass is 9.70. The van der Waals surface area contributed by atoms with Crippen molar-refractivity contribution in [2.75, 3.05) is 15.8 Å². The summed E-state index contributed by atoms with van der Waals surface area (Å²) in [5, 5.41) is 11.7. The lowest BCUT2D eigenvalue weighted by Gasteiger charge is -2.41. The summed E-state index contributed by atoms with van der Waals surface area (Å²) in [5.74, 6) is -0.901. The largest absolute Gasteiger partial charge is 0.417 e. The Balaban J connectivity index is 1.39. The monoisotopic (exact) mass is 678 g/mol. The standard InChI is InChI=1S/C30H26ClF3N4O5S2/c31-24-14-21(30(32,33)34)16-36-25(24)17-37-28(39)20-6-7-26-23(13-20)29(8-10-44(40,41)11-9-29)27(19-4-5-19)38(26)45(42,43)22-3-1-2-18(12-22)15-35/h1-3,6-7,12-14,16,19,27H,4-5,8-11,17H2,(H,37,39)/t27-/m0/s1. The van der Waals surface area contributed by atoms with Gasteiger partial charge in [-0.05, 0) is 79.6 Å². The van der Waals surface area contributed by atoms with Gasteiger partial charge in [0, 0.05) is 17.2 Å². The van der Waals surface area contributed by atoms with E-state index < -0.39 is 49.0 Å². The van der Waals surface area contributed by atoms with E-state index in [4.69, 9.17) is 11.6 Å². The van der Waals surface area contributed by atoms with Crippen LogP contribution >= 0.6 is 11.6 Å². The van der Waals surface area contributed by atoms with Gasteiger partial charge in [0.05, 0.1) is 62.6 Å². The maximum atomic E-state index is 14.3. The Kier molecular flexibility index (Phi) is 7.65. The Labute approximate surface area is 263 Å². The topological polar surface area (TPSA) is 137 Å². The highest BCUT2D eigenvalue weighted by atomic mass is 35.5. The van der Waals surface area contributed by atoms with Crippen LogP contribution in [-0.2, 0) is 38.0 Å². The first-order valence-electron chi connectivity index (χ1n) is 14.1. The smallest absolute Gasteiger partial charge is 0.346 e. The van der Waals surface area contributed by atoms with Crippen molar-refractivity contribution < 1.29 is 34.8 Å². The molecule has 3 aliphatic rings. The van der Waals surface area contributed by atoms with Gasteiger partial charge in [0.1, 0.15) is 9.84 Å². The molecule has 45 heavy (non-hydrogen) atoms. The molecule has 0 bridgehead atoms. The molecule has 1 saturated carbocycles. The van der Waals surface area contributed by atoms with E-state index in [0.29, 0.717) is 17.4 Å². The molecule has 1 atom stereocenters. The van der Waals surface area contributed by atoms with E-state index in [-0.39, 0.29) is 63.5 Å². The lowest BCUT2D eigenvalue weighted by molar-refractivity contribution is -0.137. The van der Waals surface area contributed by atoms with E-state index in [9.17, 15) is 40.1 Å². The summed E-state index contributed by atoms with van der Waals surface area (Å²) < 4.78 is 94.0. The highest BCUT2D eigenvalue weighted by Crippen LogP contribution is 2.59. The van der Waals surface area contributed by atoms with Crippen LogP contribution in [0.5, 0.6) is 0 Å². The summed E-state index contributed by atoms with van der Waals surface area (Å²) in [6, 6.07) is 12.4. The molecule has 1 spiro atoms. The average molecular weight is 679 g/mol. The van der Waals surface area contributed by atoms with E-state index in [1.807, 2.05) is 6.07 Å². The maximum absolute atomic E-state index is 14.3. The Morgan fingerprint density at radius 3 is 2.47 bits per heavy atom. The second kappa shape index (κ2) is 11.0. The molecular formula is C30H26ClF3N4O5S2. The number of nitrogens with zero attached hydrogens (tertiary/aromatic N) is 3. The van der Waals surface area contributed by atoms with E-state index in [1.54, 1.807) is 6.07 Å². The molecule has 0 unspecified atom stereocenters. The van der Waals surface area contributed by atoms with Gasteiger partial charge in [-0.1, -0.05) is 17.7 Å². The summed E-state index contributed by atoms with van der Waals surface area (Å²) >= 11 is 6.00. The van der Waals surface area contributed by atoms with Gasteiger partial charge >= 0.3 is 6.18 Å². The predicted molar refractivity (Wildman–Crippen MR) is 159 cm³/mol. The van der Waals surface area contributed by atoms with Gasteiger partial charge in [0.2, 0.25) is 0 Å². The summed E-state index contributed by atoms with van der Waals surface area (Å²) in [5.41, 5.74) is -0.651. The van der Waals surface area contributed by atoms with Crippen molar-refractivity contribution in [3.63, 3.8) is 0 Å². The molecular weight excluding hydrogens is 653 g/mol. The number of rotatable bonds is 6. The number of sulfonamides is 1. The first-order chi connectivity index (χ1) is 21.2. The number of halogens is 4. The first kappa shape index (κ1) is 31.3. The molecule has 15 heteroatoms. The zero-order chi connectivity index (χ0) is 32.4. The number of sulfone groups is 1. The van der Waals surface area contributed by atoms with Crippen LogP contribution in [-0.4, -0.2) is 45.3 Å². The van der Waals surface area contributed by atoms with E-state index in [1.165, 1.54) is 40.7 Å². The lowest BCUT2D eigenvalue weighted by Crippen LogP contribution is -2.52. The number of aromatic nitrogens is 1. The second-order valence-electron chi connectivity index (χ2n) is 11.6. The predicted octanol–water partition coefficient (Wildman–Crippen LogP) is 4.99. The van der Waals surface area contributed by atoms with E-state index in [0.717, 1.165) is 18.9 Å². The molecule has 9 nitrogen and oxygen atoms in total. The summed E-state index contributed by atoms with van der Waals surface area (Å²) in [6.45, 7) is -0.267. The van der Waals surface area contributed by atoms with Crippen LogP contribution in [0.4, 0.5) is 18.9 Å². The van der Waals surface area contributed by atoms with Crippen LogP contribution in [0.3, 0.4) is 0 Å². The third kappa shape index (κ3) is 5.66. The normalized spacial score (nSPS) is 20.4. The molecule has 236 valence electrons. The maximum Gasteiger partial charge on any atom is 0.417 e. The number of hydrogen-bond acceptors (Lipinski definition) is 7. The van der Waals surface area contributed by atoms with Crippen molar-refractivity contribution in [2.45, 2.75) is 54.8 Å². The number of fused-ring (bicyclic) bond motifs is 2. The van der Waals surface area contributed by atoms with Crippen LogP contribution in [0.15, 0.2) is 59.6 Å². The summed E-state index contributed by atoms with van der Waals surface area (Å²) in [4.78, 5) is 17.0. The molecule has 2 aromatic carbocycles. The van der Waals surface area contributed by atoms with E-state index >= 15 is 0 Å². The number of alkyl halides is 3. The Hall–Kier alpha value is -3.67. The fourth-order valence-electron chi connectivity index (χ4n) is 6.46.